The van der Waals surface area contributed by atoms with Gasteiger partial charge in [0.2, 0.25) is 0 Å². The lowest BCUT2D eigenvalue weighted by Gasteiger charge is -2.13. The van der Waals surface area contributed by atoms with Gasteiger partial charge < -0.3 is 5.11 Å². The third-order valence-electron chi connectivity index (χ3n) is 1.87. The first-order valence-corrected chi connectivity index (χ1v) is 4.36. The van der Waals surface area contributed by atoms with Crippen molar-refractivity contribution in [2.45, 2.75) is 46.1 Å². The van der Waals surface area contributed by atoms with E-state index in [1.54, 1.807) is 0 Å². The fourth-order valence-corrected chi connectivity index (χ4v) is 0.946. The van der Waals surface area contributed by atoms with Gasteiger partial charge >= 0.3 is 0 Å². The molecule has 0 saturated carbocycles. The van der Waals surface area contributed by atoms with E-state index in [0.717, 1.165) is 19.3 Å². The van der Waals surface area contributed by atoms with E-state index in [2.05, 4.69) is 6.58 Å². The van der Waals surface area contributed by atoms with Crippen LogP contribution in [0.2, 0.25) is 0 Å². The molecule has 1 N–H and O–H groups in total. The highest BCUT2D eigenvalue weighted by molar-refractivity contribution is 4.87. The average Bonchev–Trinajstić information content (AvgIpc) is 1.86. The molecule has 0 aliphatic heterocycles. The Morgan fingerprint density at radius 1 is 1.45 bits per heavy atom. The van der Waals surface area contributed by atoms with Crippen LogP contribution in [0.4, 0.5) is 0 Å². The molecule has 0 unspecified atom stereocenters. The normalized spacial score (nSPS) is 13.5. The molecule has 0 rings (SSSR count). The van der Waals surface area contributed by atoms with Gasteiger partial charge in [0, 0.05) is 0 Å². The highest BCUT2D eigenvalue weighted by atomic mass is 16.3. The Kier molecular flexibility index (Phi) is 5.22. The Balaban J connectivity index is 3.31. The molecule has 0 aromatic rings. The van der Waals surface area contributed by atoms with Gasteiger partial charge in [0.15, 0.2) is 0 Å². The zero-order chi connectivity index (χ0) is 8.85. The first-order valence-electron chi connectivity index (χ1n) is 4.36. The van der Waals surface area contributed by atoms with E-state index < -0.39 is 0 Å². The molecule has 66 valence electrons. The highest BCUT2D eigenvalue weighted by Gasteiger charge is 2.07. The van der Waals surface area contributed by atoms with Crippen LogP contribution in [-0.4, -0.2) is 11.2 Å². The Bertz CT molecular complexity index is 116. The molecule has 11 heavy (non-hydrogen) atoms. The summed E-state index contributed by atoms with van der Waals surface area (Å²) in [5.74, 6) is 0.389. The molecule has 1 heteroatoms. The maximum Gasteiger partial charge on any atom is 0.0563 e. The van der Waals surface area contributed by atoms with Crippen molar-refractivity contribution < 1.29 is 5.11 Å². The molecule has 0 aromatic heterocycles. The van der Waals surface area contributed by atoms with Gasteiger partial charge in [-0.1, -0.05) is 19.4 Å². The minimum atomic E-state index is -0.130. The summed E-state index contributed by atoms with van der Waals surface area (Å²) >= 11 is 0. The van der Waals surface area contributed by atoms with Crippen molar-refractivity contribution in [3.8, 4) is 0 Å². The molecule has 0 aliphatic rings. The van der Waals surface area contributed by atoms with Gasteiger partial charge in [0.05, 0.1) is 6.10 Å². The van der Waals surface area contributed by atoms with E-state index >= 15 is 0 Å². The minimum absolute atomic E-state index is 0.130. The summed E-state index contributed by atoms with van der Waals surface area (Å²) < 4.78 is 0. The summed E-state index contributed by atoms with van der Waals surface area (Å²) in [6.45, 7) is 9.94. The molecule has 0 aliphatic carbocycles. The Labute approximate surface area is 70.1 Å². The number of allylic oxidation sites excluding steroid dienone is 1. The summed E-state index contributed by atoms with van der Waals surface area (Å²) in [7, 11) is 0. The highest BCUT2D eigenvalue weighted by Crippen LogP contribution is 2.11. The van der Waals surface area contributed by atoms with Gasteiger partial charge in [0.25, 0.3) is 0 Å². The predicted octanol–water partition coefficient (Wildman–Crippen LogP) is 2.75. The van der Waals surface area contributed by atoms with E-state index in [1.807, 2.05) is 20.8 Å². The smallest absolute Gasteiger partial charge is 0.0563 e. The van der Waals surface area contributed by atoms with Crippen molar-refractivity contribution in [2.75, 3.05) is 0 Å². The SMILES string of the molecule is C=C(C)CCC[C@@H](O)C(C)C. The molecule has 0 radical (unpaired) electrons. The topological polar surface area (TPSA) is 20.2 Å². The summed E-state index contributed by atoms with van der Waals surface area (Å²) in [5.41, 5.74) is 1.21. The summed E-state index contributed by atoms with van der Waals surface area (Å²) in [6, 6.07) is 0. The zero-order valence-electron chi connectivity index (χ0n) is 7.93. The lowest BCUT2D eigenvalue weighted by molar-refractivity contribution is 0.114. The second kappa shape index (κ2) is 5.36. The molecule has 0 heterocycles. The molecule has 0 saturated heterocycles. The first kappa shape index (κ1) is 10.7. The van der Waals surface area contributed by atoms with E-state index in [-0.39, 0.29) is 6.10 Å². The Morgan fingerprint density at radius 3 is 2.36 bits per heavy atom. The minimum Gasteiger partial charge on any atom is -0.393 e. The standard InChI is InChI=1S/C10H20O/c1-8(2)6-5-7-10(11)9(3)4/h9-11H,1,5-7H2,2-4H3/t10-/m1/s1. The third-order valence-corrected chi connectivity index (χ3v) is 1.87. The maximum absolute atomic E-state index is 9.41. The van der Waals surface area contributed by atoms with Crippen LogP contribution in [0, 0.1) is 5.92 Å². The number of aliphatic hydroxyl groups excluding tert-OH is 1. The molecular weight excluding hydrogens is 136 g/mol. The van der Waals surface area contributed by atoms with Crippen LogP contribution in [0.3, 0.4) is 0 Å². The quantitative estimate of drug-likeness (QED) is 0.607. The van der Waals surface area contributed by atoms with E-state index in [1.165, 1.54) is 5.57 Å². The van der Waals surface area contributed by atoms with Crippen LogP contribution in [0.15, 0.2) is 12.2 Å². The largest absolute Gasteiger partial charge is 0.393 e. The average molecular weight is 156 g/mol. The van der Waals surface area contributed by atoms with Crippen LogP contribution < -0.4 is 0 Å². The number of aliphatic hydroxyl groups is 1. The van der Waals surface area contributed by atoms with Gasteiger partial charge in [-0.3, -0.25) is 0 Å². The second-order valence-corrected chi connectivity index (χ2v) is 3.66. The Hall–Kier alpha value is -0.300. The molecular formula is C10H20O. The zero-order valence-corrected chi connectivity index (χ0v) is 7.93. The fraction of sp³-hybridized carbons (Fsp3) is 0.800. The molecule has 1 atom stereocenters. The van der Waals surface area contributed by atoms with Crippen molar-refractivity contribution >= 4 is 0 Å². The van der Waals surface area contributed by atoms with Gasteiger partial charge in [-0.05, 0) is 32.1 Å². The molecule has 0 spiro atoms. The van der Waals surface area contributed by atoms with Crippen LogP contribution in [-0.2, 0) is 0 Å². The number of rotatable bonds is 5. The van der Waals surface area contributed by atoms with Crippen LogP contribution in [0.1, 0.15) is 40.0 Å². The molecule has 0 amide bonds. The van der Waals surface area contributed by atoms with E-state index in [0.29, 0.717) is 5.92 Å². The van der Waals surface area contributed by atoms with Crippen molar-refractivity contribution in [1.29, 1.82) is 0 Å². The van der Waals surface area contributed by atoms with Crippen LogP contribution in [0.5, 0.6) is 0 Å². The monoisotopic (exact) mass is 156 g/mol. The maximum atomic E-state index is 9.41. The third kappa shape index (κ3) is 6.11. The van der Waals surface area contributed by atoms with E-state index in [4.69, 9.17) is 0 Å². The molecule has 0 fully saturated rings. The molecule has 1 nitrogen and oxygen atoms in total. The van der Waals surface area contributed by atoms with Gasteiger partial charge in [-0.25, -0.2) is 0 Å². The molecule has 0 aromatic carbocycles. The number of hydrogen-bond donors (Lipinski definition) is 1. The summed E-state index contributed by atoms with van der Waals surface area (Å²) in [5, 5.41) is 9.41. The lowest BCUT2D eigenvalue weighted by Crippen LogP contribution is -2.13. The van der Waals surface area contributed by atoms with Gasteiger partial charge in [0.1, 0.15) is 0 Å². The Morgan fingerprint density at radius 2 is 2.00 bits per heavy atom. The summed E-state index contributed by atoms with van der Waals surface area (Å²) in [6.07, 6.45) is 2.89. The van der Waals surface area contributed by atoms with Crippen molar-refractivity contribution in [1.82, 2.24) is 0 Å². The van der Waals surface area contributed by atoms with Gasteiger partial charge in [-0.15, -0.1) is 6.58 Å². The molecule has 0 bridgehead atoms. The van der Waals surface area contributed by atoms with Crippen molar-refractivity contribution in [3.63, 3.8) is 0 Å². The van der Waals surface area contributed by atoms with Crippen LogP contribution in [0.25, 0.3) is 0 Å². The van der Waals surface area contributed by atoms with Gasteiger partial charge in [-0.2, -0.15) is 0 Å². The summed E-state index contributed by atoms with van der Waals surface area (Å²) in [4.78, 5) is 0. The van der Waals surface area contributed by atoms with E-state index in [9.17, 15) is 5.11 Å². The lowest BCUT2D eigenvalue weighted by atomic mass is 10.0. The van der Waals surface area contributed by atoms with Crippen molar-refractivity contribution in [2.24, 2.45) is 5.92 Å². The van der Waals surface area contributed by atoms with Crippen LogP contribution >= 0.6 is 0 Å². The first-order chi connectivity index (χ1) is 5.04. The fourth-order valence-electron chi connectivity index (χ4n) is 0.946. The number of hydrogen-bond acceptors (Lipinski definition) is 1. The van der Waals surface area contributed by atoms with Crippen molar-refractivity contribution in [3.05, 3.63) is 12.2 Å². The second-order valence-electron chi connectivity index (χ2n) is 3.66. The predicted molar refractivity (Wildman–Crippen MR) is 49.5 cm³/mol.